The lowest BCUT2D eigenvalue weighted by Crippen LogP contribution is -2.52. The molecule has 0 radical (unpaired) electrons. The zero-order valence-corrected chi connectivity index (χ0v) is 16.9. The third kappa shape index (κ3) is 4.79. The normalized spacial score (nSPS) is 21.4. The van der Waals surface area contributed by atoms with E-state index >= 15 is 0 Å². The second-order valence-electron chi connectivity index (χ2n) is 8.48. The molecule has 6 heteroatoms. The first-order valence-electron chi connectivity index (χ1n) is 10.3. The van der Waals surface area contributed by atoms with E-state index in [2.05, 4.69) is 29.0 Å². The number of carbonyl (C=O) groups excluding carboxylic acids is 1. The molecule has 0 spiro atoms. The number of aromatic nitrogens is 1. The van der Waals surface area contributed by atoms with Gasteiger partial charge in [-0.2, -0.15) is 0 Å². The van der Waals surface area contributed by atoms with Crippen molar-refractivity contribution in [1.82, 2.24) is 20.1 Å². The summed E-state index contributed by atoms with van der Waals surface area (Å²) in [6.07, 6.45) is 5.35. The number of pyridine rings is 1. The van der Waals surface area contributed by atoms with E-state index < -0.39 is 5.60 Å². The van der Waals surface area contributed by atoms with Gasteiger partial charge in [-0.1, -0.05) is 19.9 Å². The van der Waals surface area contributed by atoms with E-state index in [1.54, 1.807) is 6.20 Å². The molecule has 0 aliphatic carbocycles. The topological polar surface area (TPSA) is 68.7 Å². The summed E-state index contributed by atoms with van der Waals surface area (Å²) in [6, 6.07) is 4.26. The van der Waals surface area contributed by atoms with Crippen LogP contribution < -0.4 is 5.32 Å². The number of aryl methyl sites for hydroxylation is 1. The van der Waals surface area contributed by atoms with Gasteiger partial charge in [-0.3, -0.25) is 9.88 Å². The van der Waals surface area contributed by atoms with Crippen molar-refractivity contribution in [2.45, 2.75) is 58.1 Å². The zero-order valence-electron chi connectivity index (χ0n) is 16.9. The van der Waals surface area contributed by atoms with Crippen molar-refractivity contribution in [2.24, 2.45) is 5.92 Å². The van der Waals surface area contributed by atoms with Crippen molar-refractivity contribution in [1.29, 1.82) is 0 Å². The number of nitrogens with zero attached hydrogens (tertiary/aromatic N) is 3. The lowest BCUT2D eigenvalue weighted by atomic mass is 9.87. The van der Waals surface area contributed by atoms with Crippen LogP contribution in [0, 0.1) is 12.8 Å². The molecule has 2 N–H and O–H groups in total. The van der Waals surface area contributed by atoms with Crippen LogP contribution >= 0.6 is 0 Å². The van der Waals surface area contributed by atoms with E-state index in [1.807, 2.05) is 24.0 Å². The predicted molar refractivity (Wildman–Crippen MR) is 107 cm³/mol. The Morgan fingerprint density at radius 1 is 1.22 bits per heavy atom. The van der Waals surface area contributed by atoms with Crippen LogP contribution in [-0.4, -0.2) is 64.7 Å². The Hall–Kier alpha value is -1.66. The molecule has 1 aromatic heterocycles. The van der Waals surface area contributed by atoms with Crippen molar-refractivity contribution < 1.29 is 9.90 Å². The first-order chi connectivity index (χ1) is 12.9. The molecule has 3 rings (SSSR count). The minimum absolute atomic E-state index is 0.0150. The lowest BCUT2D eigenvalue weighted by molar-refractivity contribution is -0.0205. The first kappa shape index (κ1) is 20.1. The molecule has 1 unspecified atom stereocenters. The molecule has 1 aromatic rings. The molecule has 0 bridgehead atoms. The first-order valence-corrected chi connectivity index (χ1v) is 10.3. The maximum Gasteiger partial charge on any atom is 0.317 e. The number of hydrogen-bond donors (Lipinski definition) is 2. The average Bonchev–Trinajstić information content (AvgIpc) is 3.17. The number of amides is 2. The van der Waals surface area contributed by atoms with Crippen molar-refractivity contribution in [3.05, 3.63) is 29.6 Å². The fraction of sp³-hybridized carbons (Fsp3) is 0.714. The molecule has 2 aliphatic heterocycles. The van der Waals surface area contributed by atoms with E-state index in [0.717, 1.165) is 18.7 Å². The molecule has 2 saturated heterocycles. The maximum atomic E-state index is 12.6. The number of piperidine rings is 1. The highest BCUT2D eigenvalue weighted by atomic mass is 16.3. The second kappa shape index (κ2) is 8.57. The molecule has 1 atom stereocenters. The monoisotopic (exact) mass is 374 g/mol. The van der Waals surface area contributed by atoms with Crippen molar-refractivity contribution in [3.8, 4) is 0 Å². The maximum absolute atomic E-state index is 12.6. The molecule has 150 valence electrons. The van der Waals surface area contributed by atoms with Gasteiger partial charge in [-0.25, -0.2) is 4.79 Å². The molecule has 0 saturated carbocycles. The molecular formula is C21H34N4O2. The average molecular weight is 375 g/mol. The Bertz CT molecular complexity index is 618. The second-order valence-corrected chi connectivity index (χ2v) is 8.48. The summed E-state index contributed by atoms with van der Waals surface area (Å²) < 4.78 is 0. The third-order valence-corrected chi connectivity index (χ3v) is 6.11. The van der Waals surface area contributed by atoms with Crippen LogP contribution in [-0.2, 0) is 5.60 Å². The summed E-state index contributed by atoms with van der Waals surface area (Å²) in [5.74, 6) is 0.516. The summed E-state index contributed by atoms with van der Waals surface area (Å²) in [7, 11) is 0. The van der Waals surface area contributed by atoms with E-state index in [1.165, 1.54) is 12.8 Å². The van der Waals surface area contributed by atoms with E-state index in [0.29, 0.717) is 50.1 Å². The number of likely N-dealkylation sites (tertiary alicyclic amines) is 2. The van der Waals surface area contributed by atoms with E-state index in [-0.39, 0.29) is 6.03 Å². The van der Waals surface area contributed by atoms with Gasteiger partial charge >= 0.3 is 6.03 Å². The molecular weight excluding hydrogens is 340 g/mol. The van der Waals surface area contributed by atoms with Crippen LogP contribution in [0.5, 0.6) is 0 Å². The highest BCUT2D eigenvalue weighted by Crippen LogP contribution is 2.31. The molecule has 2 aliphatic rings. The summed E-state index contributed by atoms with van der Waals surface area (Å²) in [4.78, 5) is 21.3. The number of rotatable bonds is 5. The lowest BCUT2D eigenvalue weighted by Gasteiger charge is -2.38. The minimum atomic E-state index is -0.930. The summed E-state index contributed by atoms with van der Waals surface area (Å²) in [5, 5.41) is 14.1. The Balaban J connectivity index is 1.51. The highest BCUT2D eigenvalue weighted by molar-refractivity contribution is 5.74. The number of aliphatic hydroxyl groups is 1. The van der Waals surface area contributed by atoms with Crippen molar-refractivity contribution in [3.63, 3.8) is 0 Å². The van der Waals surface area contributed by atoms with Gasteiger partial charge in [0.15, 0.2) is 0 Å². The fourth-order valence-corrected chi connectivity index (χ4v) is 4.24. The minimum Gasteiger partial charge on any atom is -0.383 e. The largest absolute Gasteiger partial charge is 0.383 e. The predicted octanol–water partition coefficient (Wildman–Crippen LogP) is 2.50. The van der Waals surface area contributed by atoms with Gasteiger partial charge in [0.1, 0.15) is 5.60 Å². The van der Waals surface area contributed by atoms with Crippen LogP contribution in [0.4, 0.5) is 4.79 Å². The summed E-state index contributed by atoms with van der Waals surface area (Å²) in [6.45, 7) is 10.5. The van der Waals surface area contributed by atoms with Crippen LogP contribution in [0.3, 0.4) is 0 Å². The van der Waals surface area contributed by atoms with Crippen LogP contribution in [0.25, 0.3) is 0 Å². The Labute approximate surface area is 163 Å². The number of hydrogen-bond acceptors (Lipinski definition) is 4. The van der Waals surface area contributed by atoms with Crippen LogP contribution in [0.1, 0.15) is 50.8 Å². The summed E-state index contributed by atoms with van der Waals surface area (Å²) in [5.41, 5.74) is 0.861. The fourth-order valence-electron chi connectivity index (χ4n) is 4.24. The van der Waals surface area contributed by atoms with Crippen LogP contribution in [0.2, 0.25) is 0 Å². The van der Waals surface area contributed by atoms with Gasteiger partial charge < -0.3 is 15.3 Å². The van der Waals surface area contributed by atoms with Gasteiger partial charge in [0.25, 0.3) is 0 Å². The molecule has 0 aromatic carbocycles. The Kier molecular flexibility index (Phi) is 6.37. The number of nitrogens with one attached hydrogen (secondary N) is 1. The standard InChI is InChI=1S/C21H34N4O2/c1-16(2)18(24-10-4-5-11-24)15-23-20(26)25-12-8-21(27,9-13-25)19-7-6-17(3)14-22-19/h6-7,14,16,18,27H,4-5,8-13,15H2,1-3H3,(H,23,26). The molecule has 6 nitrogen and oxygen atoms in total. The SMILES string of the molecule is Cc1ccc(C2(O)CCN(C(=O)NCC(C(C)C)N3CCCC3)CC2)nc1. The number of carbonyl (C=O) groups is 1. The molecule has 2 fully saturated rings. The zero-order chi connectivity index (χ0) is 19.4. The van der Waals surface area contributed by atoms with Gasteiger partial charge in [0, 0.05) is 31.9 Å². The highest BCUT2D eigenvalue weighted by Gasteiger charge is 2.36. The molecule has 3 heterocycles. The molecule has 27 heavy (non-hydrogen) atoms. The van der Waals surface area contributed by atoms with Gasteiger partial charge in [0.05, 0.1) is 5.69 Å². The van der Waals surface area contributed by atoms with E-state index in [4.69, 9.17) is 0 Å². The number of urea groups is 1. The smallest absolute Gasteiger partial charge is 0.317 e. The van der Waals surface area contributed by atoms with Gasteiger partial charge in [-0.15, -0.1) is 0 Å². The summed E-state index contributed by atoms with van der Waals surface area (Å²) >= 11 is 0. The molecule has 2 amide bonds. The van der Waals surface area contributed by atoms with Crippen molar-refractivity contribution in [2.75, 3.05) is 32.7 Å². The van der Waals surface area contributed by atoms with Crippen LogP contribution in [0.15, 0.2) is 18.3 Å². The van der Waals surface area contributed by atoms with Gasteiger partial charge in [-0.05, 0) is 63.2 Å². The van der Waals surface area contributed by atoms with E-state index in [9.17, 15) is 9.90 Å². The Morgan fingerprint density at radius 2 is 1.89 bits per heavy atom. The van der Waals surface area contributed by atoms with Crippen molar-refractivity contribution >= 4 is 6.03 Å². The quantitative estimate of drug-likeness (QED) is 0.831. The van der Waals surface area contributed by atoms with Gasteiger partial charge in [0.2, 0.25) is 0 Å². The Morgan fingerprint density at radius 3 is 2.44 bits per heavy atom. The third-order valence-electron chi connectivity index (χ3n) is 6.11.